The Balaban J connectivity index is 1.47. The van der Waals surface area contributed by atoms with Gasteiger partial charge in [-0.2, -0.15) is 13.2 Å². The molecule has 7 heteroatoms. The first kappa shape index (κ1) is 15.1. The summed E-state index contributed by atoms with van der Waals surface area (Å²) >= 11 is 0. The second-order valence-corrected chi connectivity index (χ2v) is 7.35. The minimum Gasteiger partial charge on any atom is -0.367 e. The molecule has 3 fully saturated rings. The number of rotatable bonds is 3. The highest BCUT2D eigenvalue weighted by Gasteiger charge is 2.65. The third-order valence-corrected chi connectivity index (χ3v) is 6.00. The molecule has 130 valence electrons. The fourth-order valence-electron chi connectivity index (χ4n) is 4.99. The normalized spacial score (nSPS) is 32.5. The van der Waals surface area contributed by atoms with Gasteiger partial charge in [0.05, 0.1) is 0 Å². The number of pyridine rings is 1. The fourth-order valence-corrected chi connectivity index (χ4v) is 4.99. The molecular formula is C18H17F3N4. The van der Waals surface area contributed by atoms with Gasteiger partial charge in [-0.15, -0.1) is 0 Å². The molecule has 2 heterocycles. The topological polar surface area (TPSA) is 50.7 Å². The first-order valence-electron chi connectivity index (χ1n) is 8.64. The summed E-state index contributed by atoms with van der Waals surface area (Å²) in [6, 6.07) is 4.53. The maximum absolute atomic E-state index is 13.3. The molecule has 0 aliphatic heterocycles. The van der Waals surface area contributed by atoms with Gasteiger partial charge in [0.2, 0.25) is 0 Å². The average Bonchev–Trinajstić information content (AvgIpc) is 2.98. The van der Waals surface area contributed by atoms with Gasteiger partial charge in [0.15, 0.2) is 11.5 Å². The minimum absolute atomic E-state index is 0.0773. The van der Waals surface area contributed by atoms with Crippen LogP contribution in [-0.2, 0) is 6.18 Å². The third kappa shape index (κ3) is 2.48. The number of fused-ring (bicyclic) bond motifs is 5. The Morgan fingerprint density at radius 3 is 2.32 bits per heavy atom. The van der Waals surface area contributed by atoms with Crippen molar-refractivity contribution in [2.75, 3.05) is 5.32 Å². The molecule has 0 aromatic carbocycles. The van der Waals surface area contributed by atoms with Crippen molar-refractivity contribution in [1.82, 2.24) is 15.0 Å². The summed E-state index contributed by atoms with van der Waals surface area (Å²) in [6.07, 6.45) is 2.38. The van der Waals surface area contributed by atoms with Crippen LogP contribution in [0.15, 0.2) is 30.6 Å². The molecule has 5 rings (SSSR count). The van der Waals surface area contributed by atoms with E-state index in [0.717, 1.165) is 17.9 Å². The smallest absolute Gasteiger partial charge is 0.367 e. The van der Waals surface area contributed by atoms with E-state index >= 15 is 0 Å². The van der Waals surface area contributed by atoms with Crippen LogP contribution in [0.4, 0.5) is 19.0 Å². The van der Waals surface area contributed by atoms with Crippen LogP contribution in [-0.4, -0.2) is 21.0 Å². The van der Waals surface area contributed by atoms with Crippen LogP contribution in [0.5, 0.6) is 0 Å². The molecule has 2 bridgehead atoms. The SMILES string of the molecule is FC(F)(F)c1cc(NC2C3C4CCC(C4)C23)nc(-c2ccncc2)n1. The Hall–Kier alpha value is -2.18. The van der Waals surface area contributed by atoms with Gasteiger partial charge >= 0.3 is 6.18 Å². The maximum Gasteiger partial charge on any atom is 0.433 e. The zero-order chi connectivity index (χ0) is 17.2. The molecule has 1 N–H and O–H groups in total. The number of aromatic nitrogens is 3. The van der Waals surface area contributed by atoms with Crippen LogP contribution >= 0.6 is 0 Å². The molecule has 0 saturated heterocycles. The summed E-state index contributed by atoms with van der Waals surface area (Å²) < 4.78 is 39.8. The molecular weight excluding hydrogens is 329 g/mol. The first-order valence-corrected chi connectivity index (χ1v) is 8.64. The largest absolute Gasteiger partial charge is 0.433 e. The van der Waals surface area contributed by atoms with Gasteiger partial charge in [0.1, 0.15) is 5.82 Å². The molecule has 25 heavy (non-hydrogen) atoms. The second-order valence-electron chi connectivity index (χ2n) is 7.35. The predicted molar refractivity (Wildman–Crippen MR) is 85.5 cm³/mol. The van der Waals surface area contributed by atoms with E-state index < -0.39 is 11.9 Å². The Morgan fingerprint density at radius 1 is 1.00 bits per heavy atom. The van der Waals surface area contributed by atoms with Gasteiger partial charge in [-0.3, -0.25) is 4.98 Å². The number of hydrogen-bond acceptors (Lipinski definition) is 4. The van der Waals surface area contributed by atoms with Gasteiger partial charge in [-0.05, 0) is 55.1 Å². The molecule has 0 radical (unpaired) electrons. The summed E-state index contributed by atoms with van der Waals surface area (Å²) in [4.78, 5) is 11.9. The Morgan fingerprint density at radius 2 is 1.68 bits per heavy atom. The molecule has 4 unspecified atom stereocenters. The van der Waals surface area contributed by atoms with Crippen molar-refractivity contribution in [2.24, 2.45) is 23.7 Å². The van der Waals surface area contributed by atoms with E-state index in [2.05, 4.69) is 20.3 Å². The molecule has 0 amide bonds. The van der Waals surface area contributed by atoms with E-state index in [9.17, 15) is 13.2 Å². The number of anilines is 1. The Bertz CT molecular complexity index is 792. The number of nitrogens with one attached hydrogen (secondary N) is 1. The highest BCUT2D eigenvalue weighted by molar-refractivity contribution is 5.57. The summed E-state index contributed by atoms with van der Waals surface area (Å²) in [6.45, 7) is 0. The lowest BCUT2D eigenvalue weighted by Gasteiger charge is -2.14. The third-order valence-electron chi connectivity index (χ3n) is 6.00. The Labute approximate surface area is 142 Å². The van der Waals surface area contributed by atoms with E-state index in [1.807, 2.05) is 0 Å². The van der Waals surface area contributed by atoms with Crippen LogP contribution in [0.1, 0.15) is 25.0 Å². The van der Waals surface area contributed by atoms with Crippen molar-refractivity contribution in [3.63, 3.8) is 0 Å². The fraction of sp³-hybridized carbons (Fsp3) is 0.500. The van der Waals surface area contributed by atoms with Crippen LogP contribution in [0.25, 0.3) is 11.4 Å². The van der Waals surface area contributed by atoms with Gasteiger partial charge in [0.25, 0.3) is 0 Å². The Kier molecular flexibility index (Phi) is 3.12. The van der Waals surface area contributed by atoms with E-state index in [1.165, 1.54) is 31.7 Å². The monoisotopic (exact) mass is 346 g/mol. The lowest BCUT2D eigenvalue weighted by Crippen LogP contribution is -2.16. The van der Waals surface area contributed by atoms with Gasteiger partial charge in [-0.1, -0.05) is 0 Å². The summed E-state index contributed by atoms with van der Waals surface area (Å²) in [5.74, 6) is 3.08. The second kappa shape index (κ2) is 5.16. The maximum atomic E-state index is 13.3. The number of halogens is 3. The predicted octanol–water partition coefficient (Wildman–Crippen LogP) is 4.01. The molecule has 0 spiro atoms. The van der Waals surface area contributed by atoms with E-state index in [1.54, 1.807) is 12.1 Å². The van der Waals surface area contributed by atoms with Crippen LogP contribution in [0, 0.1) is 23.7 Å². The zero-order valence-corrected chi connectivity index (χ0v) is 13.4. The summed E-state index contributed by atoms with van der Waals surface area (Å²) in [5, 5.41) is 3.27. The number of hydrogen-bond donors (Lipinski definition) is 1. The molecule has 4 atom stereocenters. The van der Waals surface area contributed by atoms with Crippen LogP contribution in [0.3, 0.4) is 0 Å². The first-order chi connectivity index (χ1) is 12.0. The number of alkyl halides is 3. The highest BCUT2D eigenvalue weighted by Crippen LogP contribution is 2.66. The van der Waals surface area contributed by atoms with Crippen molar-refractivity contribution in [3.05, 3.63) is 36.3 Å². The van der Waals surface area contributed by atoms with Crippen molar-refractivity contribution < 1.29 is 13.2 Å². The summed E-state index contributed by atoms with van der Waals surface area (Å²) in [7, 11) is 0. The van der Waals surface area contributed by atoms with Gasteiger partial charge in [0, 0.05) is 30.1 Å². The zero-order valence-electron chi connectivity index (χ0n) is 13.4. The summed E-state index contributed by atoms with van der Waals surface area (Å²) in [5.41, 5.74) is -0.384. The standard InChI is InChI=1S/C18H17F3N4/c19-18(20,21)12-8-13(25-17(23-12)9-3-5-22-6-4-9)24-16-14-10-1-2-11(7-10)15(14)16/h3-6,8,10-11,14-16H,1-2,7H2,(H,23,24,25). The van der Waals surface area contributed by atoms with E-state index in [4.69, 9.17) is 0 Å². The molecule has 2 aromatic rings. The van der Waals surface area contributed by atoms with Crippen LogP contribution in [0.2, 0.25) is 0 Å². The van der Waals surface area contributed by atoms with Crippen molar-refractivity contribution in [2.45, 2.75) is 31.5 Å². The average molecular weight is 346 g/mol. The molecule has 3 aliphatic carbocycles. The van der Waals surface area contributed by atoms with E-state index in [-0.39, 0.29) is 17.7 Å². The van der Waals surface area contributed by atoms with E-state index in [0.29, 0.717) is 17.4 Å². The van der Waals surface area contributed by atoms with Crippen molar-refractivity contribution >= 4 is 5.82 Å². The minimum atomic E-state index is -4.50. The molecule has 2 aromatic heterocycles. The lowest BCUT2D eigenvalue weighted by atomic mass is 10.0. The van der Waals surface area contributed by atoms with Crippen LogP contribution < -0.4 is 5.32 Å². The van der Waals surface area contributed by atoms with Gasteiger partial charge in [-0.25, -0.2) is 9.97 Å². The molecule has 4 nitrogen and oxygen atoms in total. The highest BCUT2D eigenvalue weighted by atomic mass is 19.4. The quantitative estimate of drug-likeness (QED) is 0.912. The molecule has 3 aliphatic rings. The van der Waals surface area contributed by atoms with Crippen molar-refractivity contribution in [1.29, 1.82) is 0 Å². The number of nitrogens with zero attached hydrogens (tertiary/aromatic N) is 3. The molecule has 3 saturated carbocycles. The van der Waals surface area contributed by atoms with Gasteiger partial charge < -0.3 is 5.32 Å². The van der Waals surface area contributed by atoms with Crippen molar-refractivity contribution in [3.8, 4) is 11.4 Å². The lowest BCUT2D eigenvalue weighted by molar-refractivity contribution is -0.141.